The van der Waals surface area contributed by atoms with Crippen LogP contribution < -0.4 is 0 Å². The van der Waals surface area contributed by atoms with Gasteiger partial charge in [-0.1, -0.05) is 91.0 Å². The van der Waals surface area contributed by atoms with E-state index in [1.165, 1.54) is 40.3 Å². The number of thiophene rings is 2. The minimum atomic E-state index is 0.597. The fourth-order valence-corrected chi connectivity index (χ4v) is 9.38. The highest BCUT2D eigenvalue weighted by Crippen LogP contribution is 2.41. The number of fused-ring (bicyclic) bond motifs is 8. The van der Waals surface area contributed by atoms with E-state index in [1.54, 1.807) is 0 Å². The molecule has 0 amide bonds. The number of hydrogen-bond acceptors (Lipinski definition) is 6. The van der Waals surface area contributed by atoms with Gasteiger partial charge in [0, 0.05) is 68.7 Å². The Bertz CT molecular complexity index is 2900. The van der Waals surface area contributed by atoms with Crippen LogP contribution in [0, 0.1) is 6.92 Å². The minimum Gasteiger partial charge on any atom is -0.233 e. The van der Waals surface area contributed by atoms with Crippen molar-refractivity contribution in [1.82, 2.24) is 19.9 Å². The van der Waals surface area contributed by atoms with Crippen LogP contribution in [0.4, 0.5) is 0 Å². The normalized spacial score (nSPS) is 11.9. The number of para-hydroxylation sites is 1. The third-order valence-corrected chi connectivity index (χ3v) is 11.5. The molecule has 4 nitrogen and oxygen atoms in total. The van der Waals surface area contributed by atoms with E-state index in [4.69, 9.17) is 19.9 Å². The van der Waals surface area contributed by atoms with Crippen molar-refractivity contribution in [2.24, 2.45) is 0 Å². The summed E-state index contributed by atoms with van der Waals surface area (Å²) >= 11 is 3.66. The van der Waals surface area contributed by atoms with Crippen LogP contribution in [0.5, 0.6) is 0 Å². The van der Waals surface area contributed by atoms with Crippen LogP contribution in [0.25, 0.3) is 84.7 Å². The van der Waals surface area contributed by atoms with Gasteiger partial charge >= 0.3 is 0 Å². The van der Waals surface area contributed by atoms with Gasteiger partial charge in [0.05, 0.1) is 22.4 Å². The van der Waals surface area contributed by atoms with Crippen LogP contribution in [-0.2, 0) is 6.42 Å². The second-order valence-corrected chi connectivity index (χ2v) is 14.4. The first-order chi connectivity index (χ1) is 23.7. The summed E-state index contributed by atoms with van der Waals surface area (Å²) in [4.78, 5) is 20.2. The highest BCUT2D eigenvalue weighted by Gasteiger charge is 2.17. The predicted molar refractivity (Wildman–Crippen MR) is 203 cm³/mol. The van der Waals surface area contributed by atoms with Gasteiger partial charge < -0.3 is 0 Å². The van der Waals surface area contributed by atoms with Crippen molar-refractivity contribution in [2.75, 3.05) is 0 Å². The standard InChI is InChI=1S/C42H26N4S2/c1-24-43-35-20-17-25(21-33(35)41(44-24)32-13-8-12-30-28-10-4-7-16-37(28)48-42(30)32)22-39-45-34-14-5-2-11-31(34)40(46-39)26-18-19-29-27-9-3-6-15-36(27)47-38(29)23-26/h2-21,23H,22H2,1H3. The molecule has 0 spiro atoms. The van der Waals surface area contributed by atoms with E-state index in [0.717, 1.165) is 61.5 Å². The number of nitrogens with zero attached hydrogens (tertiary/aromatic N) is 4. The zero-order chi connectivity index (χ0) is 31.8. The minimum absolute atomic E-state index is 0.597. The SMILES string of the molecule is Cc1nc(-c2cccc3c2sc2ccccc23)c2cc(Cc3nc(-c4ccc5c(c4)sc4ccccc45)c4ccccc4n3)ccc2n1. The molecule has 0 aliphatic heterocycles. The molecule has 0 radical (unpaired) electrons. The number of benzene rings is 6. The fraction of sp³-hybridized carbons (Fsp3) is 0.0476. The Balaban J connectivity index is 1.10. The maximum Gasteiger partial charge on any atom is 0.134 e. The lowest BCUT2D eigenvalue weighted by Crippen LogP contribution is -2.01. The summed E-state index contributed by atoms with van der Waals surface area (Å²) in [6, 6.07) is 45.4. The molecule has 0 aliphatic carbocycles. The van der Waals surface area contributed by atoms with Gasteiger partial charge in [-0.3, -0.25) is 0 Å². The van der Waals surface area contributed by atoms with Gasteiger partial charge in [0.25, 0.3) is 0 Å². The molecule has 0 fully saturated rings. The van der Waals surface area contributed by atoms with E-state index >= 15 is 0 Å². The lowest BCUT2D eigenvalue weighted by Gasteiger charge is -2.12. The Morgan fingerprint density at radius 3 is 2.06 bits per heavy atom. The topological polar surface area (TPSA) is 51.6 Å². The van der Waals surface area contributed by atoms with E-state index in [-0.39, 0.29) is 0 Å². The third-order valence-electron chi connectivity index (χ3n) is 9.20. The molecule has 6 heteroatoms. The van der Waals surface area contributed by atoms with E-state index < -0.39 is 0 Å². The second-order valence-electron chi connectivity index (χ2n) is 12.2. The zero-order valence-electron chi connectivity index (χ0n) is 25.9. The molecule has 4 heterocycles. The van der Waals surface area contributed by atoms with Gasteiger partial charge in [0.1, 0.15) is 11.6 Å². The van der Waals surface area contributed by atoms with Crippen molar-refractivity contribution < 1.29 is 0 Å². The lowest BCUT2D eigenvalue weighted by atomic mass is 10.0. The molecule has 0 N–H and O–H groups in total. The largest absolute Gasteiger partial charge is 0.233 e. The molecule has 0 aliphatic rings. The predicted octanol–water partition coefficient (Wildman–Crippen LogP) is 11.5. The maximum atomic E-state index is 5.23. The van der Waals surface area contributed by atoms with E-state index in [0.29, 0.717) is 6.42 Å². The molecule has 0 atom stereocenters. The van der Waals surface area contributed by atoms with Gasteiger partial charge in [-0.2, -0.15) is 0 Å². The monoisotopic (exact) mass is 650 g/mol. The quantitative estimate of drug-likeness (QED) is 0.190. The van der Waals surface area contributed by atoms with Crippen molar-refractivity contribution in [3.8, 4) is 22.5 Å². The number of aromatic nitrogens is 4. The van der Waals surface area contributed by atoms with Crippen molar-refractivity contribution in [3.05, 3.63) is 145 Å². The Labute approximate surface area is 284 Å². The van der Waals surface area contributed by atoms with E-state index in [1.807, 2.05) is 29.6 Å². The number of rotatable bonds is 4. The first kappa shape index (κ1) is 27.5. The van der Waals surface area contributed by atoms with Gasteiger partial charge in [-0.25, -0.2) is 19.9 Å². The second kappa shape index (κ2) is 10.7. The Morgan fingerprint density at radius 2 is 1.19 bits per heavy atom. The Kier molecular flexibility index (Phi) is 6.16. The molecule has 10 rings (SSSR count). The van der Waals surface area contributed by atoms with Crippen molar-refractivity contribution in [1.29, 1.82) is 0 Å². The van der Waals surface area contributed by atoms with Crippen molar-refractivity contribution in [3.63, 3.8) is 0 Å². The van der Waals surface area contributed by atoms with E-state index in [9.17, 15) is 0 Å². The molecular weight excluding hydrogens is 625 g/mol. The van der Waals surface area contributed by atoms with Crippen LogP contribution in [-0.4, -0.2) is 19.9 Å². The zero-order valence-corrected chi connectivity index (χ0v) is 27.6. The Morgan fingerprint density at radius 1 is 0.479 bits per heavy atom. The molecule has 226 valence electrons. The molecule has 0 unspecified atom stereocenters. The van der Waals surface area contributed by atoms with Gasteiger partial charge in [-0.05, 0) is 48.9 Å². The molecular formula is C42H26N4S2. The molecule has 48 heavy (non-hydrogen) atoms. The van der Waals surface area contributed by atoms with Crippen LogP contribution >= 0.6 is 22.7 Å². The summed E-state index contributed by atoms with van der Waals surface area (Å²) in [5, 5.41) is 7.23. The average molecular weight is 651 g/mol. The molecule has 4 aromatic heterocycles. The summed E-state index contributed by atoms with van der Waals surface area (Å²) in [7, 11) is 0. The molecule has 0 saturated heterocycles. The van der Waals surface area contributed by atoms with E-state index in [2.05, 4.69) is 127 Å². The fourth-order valence-electron chi connectivity index (χ4n) is 7.02. The van der Waals surface area contributed by atoms with Crippen molar-refractivity contribution >= 4 is 84.8 Å². The molecule has 0 saturated carbocycles. The highest BCUT2D eigenvalue weighted by molar-refractivity contribution is 7.26. The first-order valence-corrected chi connectivity index (χ1v) is 17.6. The summed E-state index contributed by atoms with van der Waals surface area (Å²) in [5.74, 6) is 1.56. The summed E-state index contributed by atoms with van der Waals surface area (Å²) < 4.78 is 5.10. The summed E-state index contributed by atoms with van der Waals surface area (Å²) in [6.45, 7) is 1.97. The molecule has 6 aromatic carbocycles. The highest BCUT2D eigenvalue weighted by atomic mass is 32.1. The molecule has 10 aromatic rings. The Hall–Kier alpha value is -5.56. The third kappa shape index (κ3) is 4.41. The summed E-state index contributed by atoms with van der Waals surface area (Å²) in [6.07, 6.45) is 0.597. The smallest absolute Gasteiger partial charge is 0.134 e. The van der Waals surface area contributed by atoms with Gasteiger partial charge in [0.2, 0.25) is 0 Å². The van der Waals surface area contributed by atoms with Crippen LogP contribution in [0.3, 0.4) is 0 Å². The maximum absolute atomic E-state index is 5.23. The van der Waals surface area contributed by atoms with Crippen LogP contribution in [0.1, 0.15) is 17.2 Å². The van der Waals surface area contributed by atoms with Gasteiger partial charge in [0.15, 0.2) is 0 Å². The first-order valence-electron chi connectivity index (χ1n) is 16.0. The van der Waals surface area contributed by atoms with Crippen LogP contribution in [0.2, 0.25) is 0 Å². The van der Waals surface area contributed by atoms with Gasteiger partial charge in [-0.15, -0.1) is 22.7 Å². The number of aryl methyl sites for hydroxylation is 1. The average Bonchev–Trinajstić information content (AvgIpc) is 3.69. The lowest BCUT2D eigenvalue weighted by molar-refractivity contribution is 0.996. The number of hydrogen-bond donors (Lipinski definition) is 0. The van der Waals surface area contributed by atoms with Crippen LogP contribution in [0.15, 0.2) is 127 Å². The van der Waals surface area contributed by atoms with Crippen molar-refractivity contribution in [2.45, 2.75) is 13.3 Å². The summed E-state index contributed by atoms with van der Waals surface area (Å²) in [5.41, 5.74) is 7.19. The molecule has 0 bridgehead atoms.